The predicted molar refractivity (Wildman–Crippen MR) is 37.5 cm³/mol. The Bertz CT molecular complexity index is 65.2. The van der Waals surface area contributed by atoms with E-state index in [0.29, 0.717) is 6.42 Å². The molecule has 0 aliphatic heterocycles. The maximum absolute atomic E-state index is 9.13. The molecule has 0 fully saturated rings. The summed E-state index contributed by atoms with van der Waals surface area (Å²) in [6.45, 7) is 1.91. The Hall–Kier alpha value is 0.0969. The zero-order valence-corrected chi connectivity index (χ0v) is 7.28. The highest BCUT2D eigenvalue weighted by atomic mass is 28.3. The molecule has 0 spiro atoms. The smallest absolute Gasteiger partial charge is 0.350 e. The zero-order valence-electron chi connectivity index (χ0n) is 6.13. The summed E-state index contributed by atoms with van der Waals surface area (Å²) in [6, 6.07) is 0. The fourth-order valence-electron chi connectivity index (χ4n) is 0.603. The van der Waals surface area contributed by atoms with E-state index in [0.717, 1.165) is 0 Å². The Morgan fingerprint density at radius 3 is 2.00 bits per heavy atom. The highest BCUT2D eigenvalue weighted by Gasteiger charge is 2.18. The van der Waals surface area contributed by atoms with Crippen LogP contribution in [0.15, 0.2) is 0 Å². The van der Waals surface area contributed by atoms with Gasteiger partial charge in [0, 0.05) is 14.2 Å². The van der Waals surface area contributed by atoms with Crippen LogP contribution in [0.25, 0.3) is 0 Å². The summed E-state index contributed by atoms with van der Waals surface area (Å²) in [5.41, 5.74) is -0.375. The monoisotopic (exact) mass is 150 g/mol. The topological polar surface area (TPSA) is 38.7 Å². The second-order valence-electron chi connectivity index (χ2n) is 1.82. The molecule has 0 rings (SSSR count). The lowest BCUT2D eigenvalue weighted by Crippen LogP contribution is -2.34. The molecule has 4 heteroatoms. The summed E-state index contributed by atoms with van der Waals surface area (Å²) >= 11 is 0. The average molecular weight is 150 g/mol. The molecule has 0 aliphatic rings. The molecule has 1 atom stereocenters. The van der Waals surface area contributed by atoms with Crippen LogP contribution in [-0.2, 0) is 8.85 Å². The van der Waals surface area contributed by atoms with E-state index in [4.69, 9.17) is 14.0 Å². The van der Waals surface area contributed by atoms with Crippen LogP contribution in [0.1, 0.15) is 13.3 Å². The Balaban J connectivity index is 3.50. The lowest BCUT2D eigenvalue weighted by Gasteiger charge is -2.15. The van der Waals surface area contributed by atoms with Crippen LogP contribution in [0, 0.1) is 0 Å². The van der Waals surface area contributed by atoms with Crippen LogP contribution >= 0.6 is 0 Å². The molecular formula is C5H14O3Si. The van der Waals surface area contributed by atoms with Gasteiger partial charge in [-0.1, -0.05) is 6.92 Å². The number of aliphatic hydroxyl groups excluding tert-OH is 1. The van der Waals surface area contributed by atoms with Crippen LogP contribution in [0.2, 0.25) is 0 Å². The van der Waals surface area contributed by atoms with E-state index in [1.807, 2.05) is 6.92 Å². The van der Waals surface area contributed by atoms with Gasteiger partial charge in [0.2, 0.25) is 0 Å². The fourth-order valence-corrected chi connectivity index (χ4v) is 1.81. The molecule has 0 aromatic rings. The number of rotatable bonds is 4. The summed E-state index contributed by atoms with van der Waals surface area (Å²) < 4.78 is 9.84. The van der Waals surface area contributed by atoms with Crippen molar-refractivity contribution in [3.05, 3.63) is 0 Å². The maximum atomic E-state index is 9.13. The average Bonchev–Trinajstić information content (AvgIpc) is 1.90. The largest absolute Gasteiger partial charge is 0.398 e. The zero-order chi connectivity index (χ0) is 7.28. The minimum atomic E-state index is -1.73. The summed E-state index contributed by atoms with van der Waals surface area (Å²) in [4.78, 5) is 0. The van der Waals surface area contributed by atoms with Gasteiger partial charge in [-0.05, 0) is 6.42 Å². The summed E-state index contributed by atoms with van der Waals surface area (Å²) in [5, 5.41) is 9.13. The fraction of sp³-hybridized carbons (Fsp3) is 1.00. The summed E-state index contributed by atoms with van der Waals surface area (Å²) in [5.74, 6) is 0. The van der Waals surface area contributed by atoms with E-state index in [1.54, 1.807) is 14.2 Å². The van der Waals surface area contributed by atoms with Crippen molar-refractivity contribution in [1.82, 2.24) is 0 Å². The van der Waals surface area contributed by atoms with Crippen molar-refractivity contribution < 1.29 is 14.0 Å². The Labute approximate surface area is 57.4 Å². The number of hydrogen-bond donors (Lipinski definition) is 1. The lowest BCUT2D eigenvalue weighted by atomic mass is 10.5. The van der Waals surface area contributed by atoms with Crippen molar-refractivity contribution in [2.24, 2.45) is 0 Å². The van der Waals surface area contributed by atoms with E-state index < -0.39 is 9.28 Å². The third-order valence-electron chi connectivity index (χ3n) is 1.20. The van der Waals surface area contributed by atoms with Gasteiger partial charge in [0.1, 0.15) is 0 Å². The molecule has 0 aromatic heterocycles. The van der Waals surface area contributed by atoms with Crippen molar-refractivity contribution in [2.45, 2.75) is 19.1 Å². The molecule has 0 aromatic carbocycles. The van der Waals surface area contributed by atoms with Crippen LogP contribution in [-0.4, -0.2) is 34.3 Å². The van der Waals surface area contributed by atoms with Gasteiger partial charge >= 0.3 is 9.28 Å². The van der Waals surface area contributed by atoms with Gasteiger partial charge in [0.15, 0.2) is 0 Å². The van der Waals surface area contributed by atoms with E-state index in [1.165, 1.54) is 0 Å². The molecule has 0 radical (unpaired) electrons. The number of hydrogen-bond acceptors (Lipinski definition) is 3. The lowest BCUT2D eigenvalue weighted by molar-refractivity contribution is 0.162. The first kappa shape index (κ1) is 9.10. The first-order chi connectivity index (χ1) is 4.26. The van der Waals surface area contributed by atoms with Gasteiger partial charge in [-0.2, -0.15) is 0 Å². The molecule has 0 saturated heterocycles. The molecule has 1 unspecified atom stereocenters. The second kappa shape index (κ2) is 4.93. The Morgan fingerprint density at radius 1 is 1.44 bits per heavy atom. The highest BCUT2D eigenvalue weighted by Crippen LogP contribution is 1.97. The third-order valence-corrected chi connectivity index (χ3v) is 3.23. The standard InChI is InChI=1S/C5H14O3Si/c1-4-5(6)9(7-2)8-3/h5-6,9H,4H2,1-3H3. The third kappa shape index (κ3) is 2.95. The van der Waals surface area contributed by atoms with Crippen LogP contribution in [0.5, 0.6) is 0 Å². The van der Waals surface area contributed by atoms with Crippen molar-refractivity contribution in [2.75, 3.05) is 14.2 Å². The first-order valence-corrected chi connectivity index (χ1v) is 4.60. The molecule has 56 valence electrons. The quantitative estimate of drug-likeness (QED) is 0.565. The van der Waals surface area contributed by atoms with E-state index in [2.05, 4.69) is 0 Å². The van der Waals surface area contributed by atoms with Crippen molar-refractivity contribution in [1.29, 1.82) is 0 Å². The van der Waals surface area contributed by atoms with Gasteiger partial charge < -0.3 is 14.0 Å². The maximum Gasteiger partial charge on any atom is 0.350 e. The van der Waals surface area contributed by atoms with Crippen LogP contribution in [0.4, 0.5) is 0 Å². The SMILES string of the molecule is CCC(O)[SiH](OC)OC. The van der Waals surface area contributed by atoms with Gasteiger partial charge in [0.25, 0.3) is 0 Å². The van der Waals surface area contributed by atoms with Crippen molar-refractivity contribution >= 4 is 9.28 Å². The van der Waals surface area contributed by atoms with Crippen molar-refractivity contribution in [3.63, 3.8) is 0 Å². The van der Waals surface area contributed by atoms with E-state index >= 15 is 0 Å². The van der Waals surface area contributed by atoms with Gasteiger partial charge in [0.05, 0.1) is 5.73 Å². The number of aliphatic hydroxyl groups is 1. The Morgan fingerprint density at radius 2 is 1.89 bits per heavy atom. The van der Waals surface area contributed by atoms with Crippen LogP contribution < -0.4 is 0 Å². The normalized spacial score (nSPS) is 14.3. The Kier molecular flexibility index (Phi) is 4.98. The van der Waals surface area contributed by atoms with Crippen LogP contribution in [0.3, 0.4) is 0 Å². The molecular weight excluding hydrogens is 136 g/mol. The molecule has 0 aliphatic carbocycles. The summed E-state index contributed by atoms with van der Waals surface area (Å²) in [6.07, 6.45) is 0.707. The molecule has 0 amide bonds. The highest BCUT2D eigenvalue weighted by molar-refractivity contribution is 6.45. The minimum absolute atomic E-state index is 0.375. The second-order valence-corrected chi connectivity index (χ2v) is 4.26. The van der Waals surface area contributed by atoms with Crippen molar-refractivity contribution in [3.8, 4) is 0 Å². The molecule has 0 heterocycles. The molecule has 0 bridgehead atoms. The van der Waals surface area contributed by atoms with E-state index in [-0.39, 0.29) is 5.73 Å². The molecule has 0 saturated carbocycles. The first-order valence-electron chi connectivity index (χ1n) is 2.99. The predicted octanol–water partition coefficient (Wildman–Crippen LogP) is -0.190. The van der Waals surface area contributed by atoms with Gasteiger partial charge in [-0.3, -0.25) is 0 Å². The summed E-state index contributed by atoms with van der Waals surface area (Å²) in [7, 11) is 1.41. The molecule has 3 nitrogen and oxygen atoms in total. The molecule has 1 N–H and O–H groups in total. The van der Waals surface area contributed by atoms with Gasteiger partial charge in [-0.25, -0.2) is 0 Å². The van der Waals surface area contributed by atoms with Gasteiger partial charge in [-0.15, -0.1) is 0 Å². The molecule has 9 heavy (non-hydrogen) atoms. The minimum Gasteiger partial charge on any atom is -0.398 e. The van der Waals surface area contributed by atoms with E-state index in [9.17, 15) is 0 Å².